The molecule has 0 saturated carbocycles. The van der Waals surface area contributed by atoms with Gasteiger partial charge in [0.15, 0.2) is 0 Å². The van der Waals surface area contributed by atoms with E-state index in [9.17, 15) is 0 Å². The fourth-order valence-electron chi connectivity index (χ4n) is 4.86. The summed E-state index contributed by atoms with van der Waals surface area (Å²) < 4.78 is 0. The fourth-order valence-corrected chi connectivity index (χ4v) is 4.86. The van der Waals surface area contributed by atoms with E-state index in [-0.39, 0.29) is 0 Å². The van der Waals surface area contributed by atoms with Crippen LogP contribution in [0.1, 0.15) is 0 Å². The molecular formula is C30H18N2. The number of hydrogen-bond acceptors (Lipinski definition) is 2. The molecule has 0 atom stereocenters. The largest absolute Gasteiger partial charge is 0.254 e. The molecule has 2 heteroatoms. The quantitative estimate of drug-likeness (QED) is 0.259. The van der Waals surface area contributed by atoms with Crippen molar-refractivity contribution >= 4 is 54.1 Å². The van der Waals surface area contributed by atoms with E-state index in [1.165, 1.54) is 32.3 Å². The third-order valence-corrected chi connectivity index (χ3v) is 6.47. The smallest absolute Gasteiger partial charge is 0.0972 e. The minimum atomic E-state index is 0.949. The van der Waals surface area contributed by atoms with Gasteiger partial charge in [0.2, 0.25) is 0 Å². The zero-order valence-electron chi connectivity index (χ0n) is 17.3. The van der Waals surface area contributed by atoms with Gasteiger partial charge >= 0.3 is 0 Å². The predicted octanol–water partition coefficient (Wildman–Crippen LogP) is 7.91. The molecular weight excluding hydrogens is 388 g/mol. The van der Waals surface area contributed by atoms with Crippen molar-refractivity contribution in [2.75, 3.05) is 0 Å². The van der Waals surface area contributed by atoms with Crippen LogP contribution in [0, 0.1) is 0 Å². The summed E-state index contributed by atoms with van der Waals surface area (Å²) in [7, 11) is 0. The van der Waals surface area contributed by atoms with Crippen molar-refractivity contribution in [1.29, 1.82) is 0 Å². The number of aromatic nitrogens is 2. The van der Waals surface area contributed by atoms with Crippen LogP contribution in [0.25, 0.3) is 65.4 Å². The highest BCUT2D eigenvalue weighted by Gasteiger charge is 2.09. The van der Waals surface area contributed by atoms with Gasteiger partial charge in [-0.05, 0) is 50.5 Å². The molecule has 0 aliphatic heterocycles. The van der Waals surface area contributed by atoms with Gasteiger partial charge in [0, 0.05) is 22.5 Å². The van der Waals surface area contributed by atoms with Crippen molar-refractivity contribution in [3.8, 4) is 11.3 Å². The maximum Gasteiger partial charge on any atom is 0.0972 e. The van der Waals surface area contributed by atoms with E-state index in [0.29, 0.717) is 0 Å². The maximum absolute atomic E-state index is 5.05. The third-order valence-electron chi connectivity index (χ3n) is 6.47. The van der Waals surface area contributed by atoms with Crippen molar-refractivity contribution in [3.63, 3.8) is 0 Å². The van der Waals surface area contributed by atoms with Crippen molar-refractivity contribution in [2.24, 2.45) is 0 Å². The van der Waals surface area contributed by atoms with Crippen LogP contribution in [0.4, 0.5) is 0 Å². The average Bonchev–Trinajstić information content (AvgIpc) is 2.87. The van der Waals surface area contributed by atoms with Gasteiger partial charge in [-0.2, -0.15) is 0 Å². The van der Waals surface area contributed by atoms with Crippen LogP contribution < -0.4 is 0 Å². The summed E-state index contributed by atoms with van der Waals surface area (Å²) in [5.74, 6) is 0. The zero-order valence-corrected chi connectivity index (χ0v) is 17.3. The second kappa shape index (κ2) is 6.60. The lowest BCUT2D eigenvalue weighted by atomic mass is 9.95. The zero-order chi connectivity index (χ0) is 21.1. The number of hydrogen-bond donors (Lipinski definition) is 0. The van der Waals surface area contributed by atoms with Crippen LogP contribution in [0.2, 0.25) is 0 Å². The van der Waals surface area contributed by atoms with E-state index in [4.69, 9.17) is 4.98 Å². The van der Waals surface area contributed by atoms with E-state index >= 15 is 0 Å². The Bertz CT molecular complexity index is 1830. The summed E-state index contributed by atoms with van der Waals surface area (Å²) in [6.07, 6.45) is 1.84. The Hall–Kier alpha value is -4.30. The highest BCUT2D eigenvalue weighted by Crippen LogP contribution is 2.34. The Kier molecular flexibility index (Phi) is 3.58. The molecule has 2 nitrogen and oxygen atoms in total. The summed E-state index contributed by atoms with van der Waals surface area (Å²) in [5, 5.41) is 9.84. The molecule has 148 valence electrons. The van der Waals surface area contributed by atoms with Gasteiger partial charge < -0.3 is 0 Å². The van der Waals surface area contributed by atoms with Gasteiger partial charge in [-0.25, -0.2) is 4.98 Å². The molecule has 7 aromatic rings. The number of nitrogens with zero attached hydrogens (tertiary/aromatic N) is 2. The molecule has 5 aromatic carbocycles. The van der Waals surface area contributed by atoms with E-state index < -0.39 is 0 Å². The molecule has 2 heterocycles. The summed E-state index contributed by atoms with van der Waals surface area (Å²) in [5.41, 5.74) is 3.98. The molecule has 2 aromatic heterocycles. The van der Waals surface area contributed by atoms with Gasteiger partial charge in [0.05, 0.1) is 16.7 Å². The van der Waals surface area contributed by atoms with E-state index in [1.807, 2.05) is 12.3 Å². The molecule has 0 unspecified atom stereocenters. The molecule has 0 spiro atoms. The monoisotopic (exact) mass is 406 g/mol. The highest BCUT2D eigenvalue weighted by atomic mass is 14.7. The SMILES string of the molecule is c1ccc2c(c1)ccc1c3cc(-c4ccc5ccc6cccnc6c5n4)ccc3ccc21. The summed E-state index contributed by atoms with van der Waals surface area (Å²) in [4.78, 5) is 9.65. The average molecular weight is 406 g/mol. The van der Waals surface area contributed by atoms with Crippen LogP contribution in [-0.2, 0) is 0 Å². The van der Waals surface area contributed by atoms with Gasteiger partial charge in [0.1, 0.15) is 0 Å². The van der Waals surface area contributed by atoms with Crippen LogP contribution in [0.3, 0.4) is 0 Å². The standard InChI is InChI=1S/C30H18N2/c1-2-6-24-19(4-1)11-15-26-25(24)14-12-20-7-10-23(18-27(20)26)28-16-13-22-9-8-21-5-3-17-31-29(21)30(22)32-28/h1-18H. The Balaban J connectivity index is 1.50. The van der Waals surface area contributed by atoms with Crippen molar-refractivity contribution in [3.05, 3.63) is 109 Å². The summed E-state index contributed by atoms with van der Waals surface area (Å²) >= 11 is 0. The molecule has 0 bridgehead atoms. The van der Waals surface area contributed by atoms with Crippen molar-refractivity contribution in [2.45, 2.75) is 0 Å². The molecule has 0 aliphatic carbocycles. The Morgan fingerprint density at radius 2 is 1.09 bits per heavy atom. The number of benzene rings is 5. The molecule has 0 radical (unpaired) electrons. The molecule has 0 saturated heterocycles. The summed E-state index contributed by atoms with van der Waals surface area (Å²) in [6, 6.07) is 36.7. The first-order chi connectivity index (χ1) is 15.8. The van der Waals surface area contributed by atoms with Gasteiger partial charge in [-0.3, -0.25) is 4.98 Å². The van der Waals surface area contributed by atoms with Gasteiger partial charge in [0.25, 0.3) is 0 Å². The van der Waals surface area contributed by atoms with Gasteiger partial charge in [-0.1, -0.05) is 84.9 Å². The van der Waals surface area contributed by atoms with E-state index in [1.54, 1.807) is 0 Å². The normalized spacial score (nSPS) is 11.8. The molecule has 0 amide bonds. The second-order valence-electron chi connectivity index (χ2n) is 8.29. The van der Waals surface area contributed by atoms with E-state index in [0.717, 1.165) is 33.1 Å². The Morgan fingerprint density at radius 3 is 2.00 bits per heavy atom. The fraction of sp³-hybridized carbons (Fsp3) is 0. The van der Waals surface area contributed by atoms with Crippen molar-refractivity contribution in [1.82, 2.24) is 9.97 Å². The molecule has 32 heavy (non-hydrogen) atoms. The van der Waals surface area contributed by atoms with Crippen molar-refractivity contribution < 1.29 is 0 Å². The predicted molar refractivity (Wildman–Crippen MR) is 135 cm³/mol. The number of pyridine rings is 2. The van der Waals surface area contributed by atoms with Gasteiger partial charge in [-0.15, -0.1) is 0 Å². The molecule has 0 N–H and O–H groups in total. The van der Waals surface area contributed by atoms with Crippen LogP contribution >= 0.6 is 0 Å². The lowest BCUT2D eigenvalue weighted by molar-refractivity contribution is 1.37. The Labute approximate surface area is 184 Å². The lowest BCUT2D eigenvalue weighted by Gasteiger charge is -2.10. The highest BCUT2D eigenvalue weighted by molar-refractivity contribution is 6.17. The topological polar surface area (TPSA) is 25.8 Å². The minimum Gasteiger partial charge on any atom is -0.254 e. The maximum atomic E-state index is 5.05. The molecule has 0 fully saturated rings. The lowest BCUT2D eigenvalue weighted by Crippen LogP contribution is -1.89. The van der Waals surface area contributed by atoms with Crippen LogP contribution in [0.5, 0.6) is 0 Å². The first-order valence-electron chi connectivity index (χ1n) is 10.8. The Morgan fingerprint density at radius 1 is 0.438 bits per heavy atom. The second-order valence-corrected chi connectivity index (χ2v) is 8.29. The number of rotatable bonds is 1. The third kappa shape index (κ3) is 2.53. The summed E-state index contributed by atoms with van der Waals surface area (Å²) in [6.45, 7) is 0. The van der Waals surface area contributed by atoms with E-state index in [2.05, 4.69) is 102 Å². The molecule has 0 aliphatic rings. The minimum absolute atomic E-state index is 0.949. The first-order valence-corrected chi connectivity index (χ1v) is 10.8. The molecule has 7 rings (SSSR count). The first kappa shape index (κ1) is 17.4. The number of fused-ring (bicyclic) bond motifs is 8. The van der Waals surface area contributed by atoms with Crippen LogP contribution in [-0.4, -0.2) is 9.97 Å². The van der Waals surface area contributed by atoms with Crippen LogP contribution in [0.15, 0.2) is 109 Å².